The lowest BCUT2D eigenvalue weighted by atomic mass is 9.97. The van der Waals surface area contributed by atoms with E-state index in [1.165, 1.54) is 10.8 Å². The van der Waals surface area contributed by atoms with E-state index in [1.807, 2.05) is 105 Å². The molecule has 198 valence electrons. The Kier molecular flexibility index (Phi) is 7.17. The van der Waals surface area contributed by atoms with E-state index in [2.05, 4.69) is 35.3 Å². The van der Waals surface area contributed by atoms with Crippen LogP contribution in [0.5, 0.6) is 5.75 Å². The van der Waals surface area contributed by atoms with E-state index in [1.54, 1.807) is 6.21 Å². The molecule has 1 heterocycles. The van der Waals surface area contributed by atoms with Gasteiger partial charge in [-0.15, -0.1) is 0 Å². The molecule has 0 amide bonds. The molecule has 0 bridgehead atoms. The highest BCUT2D eigenvalue weighted by molar-refractivity contribution is 5.91. The van der Waals surface area contributed by atoms with Crippen molar-refractivity contribution in [1.29, 1.82) is 5.26 Å². The van der Waals surface area contributed by atoms with Gasteiger partial charge < -0.3 is 9.15 Å². The van der Waals surface area contributed by atoms with Crippen molar-refractivity contribution in [2.45, 2.75) is 20.5 Å². The minimum absolute atomic E-state index is 0.266. The molecule has 0 aliphatic carbocycles. The van der Waals surface area contributed by atoms with E-state index in [-0.39, 0.29) is 5.88 Å². The Morgan fingerprint density at radius 1 is 0.756 bits per heavy atom. The van der Waals surface area contributed by atoms with Crippen molar-refractivity contribution in [2.75, 3.05) is 0 Å². The van der Waals surface area contributed by atoms with Gasteiger partial charge in [0, 0.05) is 22.9 Å². The summed E-state index contributed by atoms with van der Waals surface area (Å²) >= 11 is 0. The molecule has 0 aliphatic rings. The van der Waals surface area contributed by atoms with Crippen LogP contribution in [0.25, 0.3) is 33.2 Å². The summed E-state index contributed by atoms with van der Waals surface area (Å²) in [6, 6.07) is 40.8. The number of nitriles is 1. The van der Waals surface area contributed by atoms with E-state index in [9.17, 15) is 5.26 Å². The fourth-order valence-electron chi connectivity index (χ4n) is 4.94. The Morgan fingerprint density at radius 2 is 1.41 bits per heavy atom. The molecule has 0 saturated carbocycles. The number of rotatable bonds is 7. The van der Waals surface area contributed by atoms with Crippen molar-refractivity contribution in [3.8, 4) is 34.3 Å². The number of aryl methyl sites for hydroxylation is 2. The summed E-state index contributed by atoms with van der Waals surface area (Å²) in [5.74, 6) is 1.59. The van der Waals surface area contributed by atoms with Crippen molar-refractivity contribution in [3.63, 3.8) is 0 Å². The second kappa shape index (κ2) is 11.4. The molecular formula is C37H28N2O2. The Labute approximate surface area is 239 Å². The SMILES string of the molecule is Cc1ccc(-c2oc(N=Cc3ccccc3OCc3cccc4ccccc34)c(C#N)c2-c2ccc(C)cc2)cc1. The van der Waals surface area contributed by atoms with E-state index in [0.29, 0.717) is 23.7 Å². The summed E-state index contributed by atoms with van der Waals surface area (Å²) in [6.07, 6.45) is 1.70. The summed E-state index contributed by atoms with van der Waals surface area (Å²) in [5.41, 5.74) is 7.13. The number of ether oxygens (including phenoxy) is 1. The molecule has 0 unspecified atom stereocenters. The zero-order valence-corrected chi connectivity index (χ0v) is 23.0. The quantitative estimate of drug-likeness (QED) is 0.192. The lowest BCUT2D eigenvalue weighted by Crippen LogP contribution is -1.99. The van der Waals surface area contributed by atoms with Crippen LogP contribution in [-0.4, -0.2) is 6.21 Å². The third-order valence-electron chi connectivity index (χ3n) is 7.16. The zero-order valence-electron chi connectivity index (χ0n) is 23.0. The molecule has 0 saturated heterocycles. The fraction of sp³-hybridized carbons (Fsp3) is 0.0811. The molecule has 41 heavy (non-hydrogen) atoms. The molecule has 0 aliphatic heterocycles. The van der Waals surface area contributed by atoms with Crippen LogP contribution in [0.1, 0.15) is 27.8 Å². The molecule has 0 atom stereocenters. The van der Waals surface area contributed by atoms with Crippen molar-refractivity contribution in [2.24, 2.45) is 4.99 Å². The topological polar surface area (TPSA) is 58.5 Å². The van der Waals surface area contributed by atoms with Crippen molar-refractivity contribution in [3.05, 3.63) is 143 Å². The molecule has 0 spiro atoms. The van der Waals surface area contributed by atoms with Crippen LogP contribution >= 0.6 is 0 Å². The molecule has 6 aromatic rings. The van der Waals surface area contributed by atoms with Gasteiger partial charge in [0.25, 0.3) is 0 Å². The standard InChI is InChI=1S/C37H28N2O2/c1-25-14-18-28(19-15-25)35-33(22-38)37(41-36(35)29-20-16-26(2)17-21-29)39-23-30-9-4-6-13-34(30)40-24-31-11-7-10-27-8-3-5-12-32(27)31/h3-21,23H,24H2,1-2H3. The summed E-state index contributed by atoms with van der Waals surface area (Å²) in [5, 5.41) is 12.6. The lowest BCUT2D eigenvalue weighted by Gasteiger charge is -2.11. The smallest absolute Gasteiger partial charge is 0.238 e. The minimum atomic E-state index is 0.266. The summed E-state index contributed by atoms with van der Waals surface area (Å²) in [6.45, 7) is 4.51. The third-order valence-corrected chi connectivity index (χ3v) is 7.16. The fourth-order valence-corrected chi connectivity index (χ4v) is 4.94. The van der Waals surface area contributed by atoms with Gasteiger partial charge >= 0.3 is 0 Å². The molecular weight excluding hydrogens is 504 g/mol. The van der Waals surface area contributed by atoms with E-state index < -0.39 is 0 Å². The van der Waals surface area contributed by atoms with E-state index >= 15 is 0 Å². The Hall–Kier alpha value is -5.40. The molecule has 5 aromatic carbocycles. The first-order valence-electron chi connectivity index (χ1n) is 13.5. The zero-order chi connectivity index (χ0) is 28.2. The van der Waals surface area contributed by atoms with Crippen LogP contribution in [0, 0.1) is 25.2 Å². The highest BCUT2D eigenvalue weighted by Crippen LogP contribution is 2.42. The van der Waals surface area contributed by atoms with Crippen LogP contribution in [0.2, 0.25) is 0 Å². The van der Waals surface area contributed by atoms with Crippen molar-refractivity contribution < 1.29 is 9.15 Å². The molecule has 4 nitrogen and oxygen atoms in total. The number of furan rings is 1. The van der Waals surface area contributed by atoms with E-state index in [0.717, 1.165) is 38.9 Å². The monoisotopic (exact) mass is 532 g/mol. The Morgan fingerprint density at radius 3 is 2.17 bits per heavy atom. The van der Waals surface area contributed by atoms with E-state index in [4.69, 9.17) is 9.15 Å². The van der Waals surface area contributed by atoms with Crippen LogP contribution in [-0.2, 0) is 6.61 Å². The normalized spacial score (nSPS) is 11.1. The van der Waals surface area contributed by atoms with Crippen LogP contribution in [0.4, 0.5) is 5.88 Å². The third kappa shape index (κ3) is 5.39. The maximum absolute atomic E-state index is 10.3. The largest absolute Gasteiger partial charge is 0.488 e. The van der Waals surface area contributed by atoms with Gasteiger partial charge in [0.05, 0.1) is 0 Å². The summed E-state index contributed by atoms with van der Waals surface area (Å²) < 4.78 is 12.6. The second-order valence-electron chi connectivity index (χ2n) is 10.1. The molecule has 4 heteroatoms. The number of hydrogen-bond acceptors (Lipinski definition) is 4. The first-order chi connectivity index (χ1) is 20.1. The van der Waals surface area contributed by atoms with Gasteiger partial charge in [-0.25, -0.2) is 4.99 Å². The number of para-hydroxylation sites is 1. The van der Waals surface area contributed by atoms with Crippen molar-refractivity contribution >= 4 is 22.9 Å². The predicted molar refractivity (Wildman–Crippen MR) is 166 cm³/mol. The number of fused-ring (bicyclic) bond motifs is 1. The maximum Gasteiger partial charge on any atom is 0.238 e. The summed E-state index contributed by atoms with van der Waals surface area (Å²) in [7, 11) is 0. The molecule has 0 N–H and O–H groups in total. The molecule has 0 radical (unpaired) electrons. The lowest BCUT2D eigenvalue weighted by molar-refractivity contribution is 0.307. The number of benzene rings is 5. The van der Waals surface area contributed by atoms with Gasteiger partial charge in [-0.2, -0.15) is 5.26 Å². The van der Waals surface area contributed by atoms with Crippen LogP contribution < -0.4 is 4.74 Å². The van der Waals surface area contributed by atoms with Gasteiger partial charge in [0.2, 0.25) is 5.88 Å². The first-order valence-corrected chi connectivity index (χ1v) is 13.5. The number of aliphatic imine (C=N–C) groups is 1. The highest BCUT2D eigenvalue weighted by Gasteiger charge is 2.23. The predicted octanol–water partition coefficient (Wildman–Crippen LogP) is 9.58. The minimum Gasteiger partial charge on any atom is -0.488 e. The average Bonchev–Trinajstić information content (AvgIpc) is 3.38. The number of hydrogen-bond donors (Lipinski definition) is 0. The molecule has 0 fully saturated rings. The number of nitrogens with zero attached hydrogens (tertiary/aromatic N) is 2. The highest BCUT2D eigenvalue weighted by atomic mass is 16.5. The van der Waals surface area contributed by atoms with Gasteiger partial charge in [0.1, 0.15) is 29.7 Å². The van der Waals surface area contributed by atoms with Gasteiger partial charge in [-0.3, -0.25) is 0 Å². The van der Waals surface area contributed by atoms with Crippen LogP contribution in [0.15, 0.2) is 125 Å². The van der Waals surface area contributed by atoms with Crippen molar-refractivity contribution in [1.82, 2.24) is 0 Å². The summed E-state index contributed by atoms with van der Waals surface area (Å²) in [4.78, 5) is 4.69. The van der Waals surface area contributed by atoms with Gasteiger partial charge in [-0.05, 0) is 47.9 Å². The molecule has 1 aromatic heterocycles. The van der Waals surface area contributed by atoms with Crippen LogP contribution in [0.3, 0.4) is 0 Å². The Balaban J connectivity index is 1.36. The maximum atomic E-state index is 10.3. The Bertz CT molecular complexity index is 1900. The van der Waals surface area contributed by atoms with Gasteiger partial charge in [-0.1, -0.05) is 114 Å². The average molecular weight is 533 g/mol. The van der Waals surface area contributed by atoms with Gasteiger partial charge in [0.15, 0.2) is 0 Å². The molecule has 6 rings (SSSR count). The first kappa shape index (κ1) is 25.9. The second-order valence-corrected chi connectivity index (χ2v) is 10.1.